The van der Waals surface area contributed by atoms with Gasteiger partial charge in [0.05, 0.1) is 11.3 Å². The minimum absolute atomic E-state index is 0.554. The Balaban J connectivity index is 1.55. The quantitative estimate of drug-likeness (QED) is 0.757. The molecule has 1 fully saturated rings. The molecule has 6 heteroatoms. The Morgan fingerprint density at radius 1 is 1.12 bits per heavy atom. The molecule has 0 radical (unpaired) electrons. The van der Waals surface area contributed by atoms with Gasteiger partial charge >= 0.3 is 0 Å². The lowest BCUT2D eigenvalue weighted by Crippen LogP contribution is -2.29. The Labute approximate surface area is 153 Å². The first kappa shape index (κ1) is 16.6. The largest absolute Gasteiger partial charge is 0.388 e. The molecule has 2 N–H and O–H groups in total. The molecule has 0 amide bonds. The van der Waals surface area contributed by atoms with Crippen molar-refractivity contribution in [3.8, 4) is 5.69 Å². The normalized spacial score (nSPS) is 19.7. The number of aromatic nitrogens is 3. The summed E-state index contributed by atoms with van der Waals surface area (Å²) in [6.07, 6.45) is 2.48. The summed E-state index contributed by atoms with van der Waals surface area (Å²) in [4.78, 5) is 6.57. The second-order valence-corrected chi connectivity index (χ2v) is 7.20. The number of rotatable bonds is 4. The van der Waals surface area contributed by atoms with Gasteiger partial charge in [-0.05, 0) is 56.2 Å². The fourth-order valence-corrected chi connectivity index (χ4v) is 3.34. The van der Waals surface area contributed by atoms with Crippen LogP contribution in [0.5, 0.6) is 0 Å². The molecule has 1 unspecified atom stereocenters. The van der Waals surface area contributed by atoms with E-state index in [4.69, 9.17) is 0 Å². The molecule has 0 aliphatic carbocycles. The fraction of sp³-hybridized carbons (Fsp3) is 0.300. The molecule has 1 aliphatic rings. The zero-order chi connectivity index (χ0) is 18.1. The number of para-hydroxylation sites is 1. The first-order valence-electron chi connectivity index (χ1n) is 8.82. The minimum Gasteiger partial charge on any atom is -0.388 e. The lowest BCUT2D eigenvalue weighted by molar-refractivity contribution is 0.0839. The lowest BCUT2D eigenvalue weighted by Gasteiger charge is -2.22. The third-order valence-corrected chi connectivity index (χ3v) is 4.65. The van der Waals surface area contributed by atoms with E-state index in [9.17, 15) is 5.11 Å². The van der Waals surface area contributed by atoms with Gasteiger partial charge in [0, 0.05) is 24.5 Å². The molecule has 1 atom stereocenters. The highest BCUT2D eigenvalue weighted by Gasteiger charge is 2.31. The molecule has 1 saturated heterocycles. The van der Waals surface area contributed by atoms with E-state index in [1.165, 1.54) is 0 Å². The van der Waals surface area contributed by atoms with Gasteiger partial charge in [0.25, 0.3) is 0 Å². The number of anilines is 3. The molecule has 0 saturated carbocycles. The topological polar surface area (TPSA) is 66.2 Å². The van der Waals surface area contributed by atoms with Crippen LogP contribution in [-0.4, -0.2) is 38.6 Å². The molecule has 1 aromatic heterocycles. The zero-order valence-corrected chi connectivity index (χ0v) is 15.1. The first-order chi connectivity index (χ1) is 12.5. The summed E-state index contributed by atoms with van der Waals surface area (Å²) in [6, 6.07) is 16.2. The van der Waals surface area contributed by atoms with Crippen molar-refractivity contribution in [3.63, 3.8) is 0 Å². The van der Waals surface area contributed by atoms with E-state index in [0.717, 1.165) is 35.6 Å². The van der Waals surface area contributed by atoms with Crippen LogP contribution in [0, 0.1) is 6.92 Å². The third kappa shape index (κ3) is 3.55. The van der Waals surface area contributed by atoms with Gasteiger partial charge in [-0.3, -0.25) is 0 Å². The SMILES string of the molecule is Cc1cc(Nc2ncn(-c3ccccc3)n2)cc(N2CCC(C)(O)C2)c1. The number of aryl methyl sites for hydroxylation is 1. The van der Waals surface area contributed by atoms with Crippen molar-refractivity contribution in [3.05, 3.63) is 60.4 Å². The van der Waals surface area contributed by atoms with E-state index in [0.29, 0.717) is 12.5 Å². The predicted octanol–water partition coefficient (Wildman–Crippen LogP) is 3.28. The lowest BCUT2D eigenvalue weighted by atomic mass is 10.1. The molecule has 3 aromatic rings. The van der Waals surface area contributed by atoms with E-state index in [2.05, 4.69) is 45.4 Å². The second kappa shape index (κ2) is 6.46. The molecule has 0 bridgehead atoms. The van der Waals surface area contributed by atoms with Gasteiger partial charge in [-0.15, -0.1) is 5.10 Å². The van der Waals surface area contributed by atoms with Crippen molar-refractivity contribution in [2.24, 2.45) is 0 Å². The van der Waals surface area contributed by atoms with Crippen molar-refractivity contribution in [2.75, 3.05) is 23.3 Å². The highest BCUT2D eigenvalue weighted by atomic mass is 16.3. The van der Waals surface area contributed by atoms with Gasteiger partial charge < -0.3 is 15.3 Å². The van der Waals surface area contributed by atoms with Crippen LogP contribution in [0.4, 0.5) is 17.3 Å². The number of hydrogen-bond acceptors (Lipinski definition) is 5. The Kier molecular flexibility index (Phi) is 4.12. The van der Waals surface area contributed by atoms with E-state index >= 15 is 0 Å². The second-order valence-electron chi connectivity index (χ2n) is 7.20. The summed E-state index contributed by atoms with van der Waals surface area (Å²) in [7, 11) is 0. The van der Waals surface area contributed by atoms with Gasteiger partial charge in [0.15, 0.2) is 0 Å². The van der Waals surface area contributed by atoms with Crippen LogP contribution in [0.3, 0.4) is 0 Å². The van der Waals surface area contributed by atoms with Crippen LogP contribution in [0.2, 0.25) is 0 Å². The first-order valence-corrected chi connectivity index (χ1v) is 8.82. The van der Waals surface area contributed by atoms with Crippen LogP contribution < -0.4 is 10.2 Å². The van der Waals surface area contributed by atoms with Crippen LogP contribution in [0.15, 0.2) is 54.9 Å². The molecule has 2 aromatic carbocycles. The van der Waals surface area contributed by atoms with Crippen LogP contribution in [0.1, 0.15) is 18.9 Å². The Morgan fingerprint density at radius 2 is 1.92 bits per heavy atom. The van der Waals surface area contributed by atoms with E-state index in [1.54, 1.807) is 11.0 Å². The number of nitrogens with zero attached hydrogens (tertiary/aromatic N) is 4. The molecular formula is C20H23N5O. The average molecular weight is 349 g/mol. The van der Waals surface area contributed by atoms with Gasteiger partial charge in [-0.25, -0.2) is 4.68 Å². The Morgan fingerprint density at radius 3 is 2.65 bits per heavy atom. The molecule has 134 valence electrons. The van der Waals surface area contributed by atoms with E-state index < -0.39 is 5.60 Å². The standard InChI is InChI=1S/C20H23N5O/c1-15-10-16(12-18(11-15)24-9-8-20(2,26)13-24)22-19-21-14-25(23-19)17-6-4-3-5-7-17/h3-7,10-12,14,26H,8-9,13H2,1-2H3,(H,22,23). The van der Waals surface area contributed by atoms with E-state index in [-0.39, 0.29) is 0 Å². The van der Waals surface area contributed by atoms with Gasteiger partial charge in [-0.2, -0.15) is 4.98 Å². The average Bonchev–Trinajstić information content (AvgIpc) is 3.21. The summed E-state index contributed by atoms with van der Waals surface area (Å²) < 4.78 is 1.75. The summed E-state index contributed by atoms with van der Waals surface area (Å²) in [5, 5.41) is 18.0. The summed E-state index contributed by atoms with van der Waals surface area (Å²) in [5.74, 6) is 0.554. The smallest absolute Gasteiger partial charge is 0.246 e. The van der Waals surface area contributed by atoms with Gasteiger partial charge in [0.2, 0.25) is 5.95 Å². The minimum atomic E-state index is -0.618. The van der Waals surface area contributed by atoms with Crippen molar-refractivity contribution in [2.45, 2.75) is 25.9 Å². The number of nitrogens with one attached hydrogen (secondary N) is 1. The fourth-order valence-electron chi connectivity index (χ4n) is 3.34. The highest BCUT2D eigenvalue weighted by Crippen LogP contribution is 2.30. The maximum absolute atomic E-state index is 10.2. The Hall–Kier alpha value is -2.86. The highest BCUT2D eigenvalue weighted by molar-refractivity contribution is 5.64. The maximum Gasteiger partial charge on any atom is 0.246 e. The third-order valence-electron chi connectivity index (χ3n) is 4.65. The molecule has 2 heterocycles. The van der Waals surface area contributed by atoms with Crippen LogP contribution >= 0.6 is 0 Å². The van der Waals surface area contributed by atoms with Crippen molar-refractivity contribution < 1.29 is 5.11 Å². The summed E-state index contributed by atoms with van der Waals surface area (Å²) in [5.41, 5.74) is 3.55. The molecule has 4 rings (SSSR count). The predicted molar refractivity (Wildman–Crippen MR) is 103 cm³/mol. The molecule has 6 nitrogen and oxygen atoms in total. The van der Waals surface area contributed by atoms with Crippen molar-refractivity contribution in [1.82, 2.24) is 14.8 Å². The van der Waals surface area contributed by atoms with Crippen LogP contribution in [-0.2, 0) is 0 Å². The van der Waals surface area contributed by atoms with E-state index in [1.807, 2.05) is 37.3 Å². The summed E-state index contributed by atoms with van der Waals surface area (Å²) >= 11 is 0. The number of hydrogen-bond donors (Lipinski definition) is 2. The number of benzene rings is 2. The van der Waals surface area contributed by atoms with Gasteiger partial charge in [0.1, 0.15) is 6.33 Å². The number of aliphatic hydroxyl groups is 1. The van der Waals surface area contributed by atoms with Crippen LogP contribution in [0.25, 0.3) is 5.69 Å². The molecule has 26 heavy (non-hydrogen) atoms. The maximum atomic E-state index is 10.2. The monoisotopic (exact) mass is 349 g/mol. The number of β-amino-alcohol motifs (C(OH)–C–C–N with tert-alkyl or cyclic N) is 1. The van der Waals surface area contributed by atoms with Crippen molar-refractivity contribution in [1.29, 1.82) is 0 Å². The zero-order valence-electron chi connectivity index (χ0n) is 15.1. The molecule has 0 spiro atoms. The molecular weight excluding hydrogens is 326 g/mol. The van der Waals surface area contributed by atoms with Crippen molar-refractivity contribution >= 4 is 17.3 Å². The molecule has 1 aliphatic heterocycles. The van der Waals surface area contributed by atoms with Gasteiger partial charge in [-0.1, -0.05) is 18.2 Å². The Bertz CT molecular complexity index is 904. The summed E-state index contributed by atoms with van der Waals surface area (Å²) in [6.45, 7) is 5.47.